The van der Waals surface area contributed by atoms with Crippen LogP contribution in [0.1, 0.15) is 60.8 Å². The average Bonchev–Trinajstić information content (AvgIpc) is 2.16. The number of hydrogen-bond acceptors (Lipinski definition) is 1. The molecule has 12 heavy (non-hydrogen) atoms. The molecule has 0 N–H and O–H groups in total. The highest BCUT2D eigenvalue weighted by atomic mass is 16.5. The van der Waals surface area contributed by atoms with Gasteiger partial charge in [-0.2, -0.15) is 0 Å². The van der Waals surface area contributed by atoms with E-state index in [1.807, 2.05) is 13.8 Å². The van der Waals surface area contributed by atoms with Crippen molar-refractivity contribution in [3.8, 4) is 0 Å². The molecule has 1 unspecified atom stereocenters. The average molecular weight is 174 g/mol. The summed E-state index contributed by atoms with van der Waals surface area (Å²) in [6, 6.07) is 0. The Morgan fingerprint density at radius 1 is 0.917 bits per heavy atom. The molecule has 0 aliphatic rings. The zero-order valence-electron chi connectivity index (χ0n) is 9.68. The molecular formula is C11H26O. The van der Waals surface area contributed by atoms with Crippen LogP contribution >= 0.6 is 0 Å². The van der Waals surface area contributed by atoms with E-state index < -0.39 is 0 Å². The van der Waals surface area contributed by atoms with Gasteiger partial charge in [0.1, 0.15) is 0 Å². The molecular weight excluding hydrogens is 148 g/mol. The van der Waals surface area contributed by atoms with Crippen LogP contribution in [0.5, 0.6) is 0 Å². The first-order chi connectivity index (χ1) is 5.74. The van der Waals surface area contributed by atoms with Gasteiger partial charge in [0.15, 0.2) is 0 Å². The van der Waals surface area contributed by atoms with Crippen LogP contribution in [0.3, 0.4) is 0 Å². The SMILES string of the molecule is CC.CCC(C)OC(CC)CC. The normalized spacial score (nSPS) is 12.2. The van der Waals surface area contributed by atoms with Crippen LogP contribution in [0.15, 0.2) is 0 Å². The van der Waals surface area contributed by atoms with Crippen molar-refractivity contribution in [2.45, 2.75) is 73.0 Å². The van der Waals surface area contributed by atoms with Gasteiger partial charge in [0.2, 0.25) is 0 Å². The monoisotopic (exact) mass is 174 g/mol. The number of rotatable bonds is 5. The van der Waals surface area contributed by atoms with Gasteiger partial charge >= 0.3 is 0 Å². The molecule has 0 saturated carbocycles. The van der Waals surface area contributed by atoms with E-state index >= 15 is 0 Å². The molecule has 0 rings (SSSR count). The van der Waals surface area contributed by atoms with Crippen LogP contribution < -0.4 is 0 Å². The minimum absolute atomic E-state index is 0.435. The molecule has 0 saturated heterocycles. The van der Waals surface area contributed by atoms with Crippen molar-refractivity contribution in [2.75, 3.05) is 0 Å². The Hall–Kier alpha value is -0.0400. The Bertz CT molecular complexity index is 67.4. The Morgan fingerprint density at radius 2 is 1.33 bits per heavy atom. The lowest BCUT2D eigenvalue weighted by Gasteiger charge is -2.18. The lowest BCUT2D eigenvalue weighted by Crippen LogP contribution is -2.17. The van der Waals surface area contributed by atoms with E-state index in [4.69, 9.17) is 4.74 Å². The van der Waals surface area contributed by atoms with Crippen molar-refractivity contribution in [2.24, 2.45) is 0 Å². The van der Waals surface area contributed by atoms with Gasteiger partial charge in [-0.15, -0.1) is 0 Å². The zero-order chi connectivity index (χ0) is 9.98. The molecule has 0 radical (unpaired) electrons. The van der Waals surface area contributed by atoms with E-state index in [1.54, 1.807) is 0 Å². The maximum atomic E-state index is 5.70. The summed E-state index contributed by atoms with van der Waals surface area (Å²) in [5.74, 6) is 0. The summed E-state index contributed by atoms with van der Waals surface area (Å²) in [5, 5.41) is 0. The Balaban J connectivity index is 0. The van der Waals surface area contributed by atoms with Crippen molar-refractivity contribution in [3.05, 3.63) is 0 Å². The number of ether oxygens (including phenoxy) is 1. The molecule has 1 heteroatoms. The number of hydrogen-bond donors (Lipinski definition) is 0. The third-order valence-electron chi connectivity index (χ3n) is 1.91. The molecule has 76 valence electrons. The largest absolute Gasteiger partial charge is 0.375 e. The van der Waals surface area contributed by atoms with Crippen LogP contribution in [-0.2, 0) is 4.74 Å². The lowest BCUT2D eigenvalue weighted by atomic mass is 10.2. The van der Waals surface area contributed by atoms with E-state index in [2.05, 4.69) is 27.7 Å². The maximum absolute atomic E-state index is 5.70. The first-order valence-electron chi connectivity index (χ1n) is 5.39. The summed E-state index contributed by atoms with van der Waals surface area (Å²) in [4.78, 5) is 0. The topological polar surface area (TPSA) is 9.23 Å². The van der Waals surface area contributed by atoms with Crippen molar-refractivity contribution < 1.29 is 4.74 Å². The fourth-order valence-electron chi connectivity index (χ4n) is 0.906. The Labute approximate surface area is 78.5 Å². The lowest BCUT2D eigenvalue weighted by molar-refractivity contribution is -0.00721. The first kappa shape index (κ1) is 14.5. The first-order valence-corrected chi connectivity index (χ1v) is 5.39. The second kappa shape index (κ2) is 11.0. The minimum Gasteiger partial charge on any atom is -0.375 e. The highest BCUT2D eigenvalue weighted by molar-refractivity contribution is 4.54. The molecule has 0 aliphatic carbocycles. The van der Waals surface area contributed by atoms with Crippen molar-refractivity contribution in [1.82, 2.24) is 0 Å². The van der Waals surface area contributed by atoms with Gasteiger partial charge in [0.05, 0.1) is 12.2 Å². The van der Waals surface area contributed by atoms with E-state index in [0.717, 1.165) is 19.3 Å². The van der Waals surface area contributed by atoms with Crippen LogP contribution in [0, 0.1) is 0 Å². The van der Waals surface area contributed by atoms with Crippen LogP contribution in [0.25, 0.3) is 0 Å². The summed E-state index contributed by atoms with van der Waals surface area (Å²) < 4.78 is 5.70. The summed E-state index contributed by atoms with van der Waals surface area (Å²) in [6.45, 7) is 12.7. The molecule has 0 aromatic heterocycles. The molecule has 0 bridgehead atoms. The summed E-state index contributed by atoms with van der Waals surface area (Å²) in [6.07, 6.45) is 4.32. The quantitative estimate of drug-likeness (QED) is 0.611. The molecule has 0 aliphatic heterocycles. The van der Waals surface area contributed by atoms with Crippen molar-refractivity contribution >= 4 is 0 Å². The second-order valence-electron chi connectivity index (χ2n) is 2.79. The van der Waals surface area contributed by atoms with Gasteiger partial charge in [-0.1, -0.05) is 34.6 Å². The van der Waals surface area contributed by atoms with E-state index in [0.29, 0.717) is 12.2 Å². The fourth-order valence-corrected chi connectivity index (χ4v) is 0.906. The fraction of sp³-hybridized carbons (Fsp3) is 1.00. The minimum atomic E-state index is 0.435. The molecule has 1 atom stereocenters. The summed E-state index contributed by atoms with van der Waals surface area (Å²) in [7, 11) is 0. The van der Waals surface area contributed by atoms with Crippen LogP contribution in [0.4, 0.5) is 0 Å². The Kier molecular flexibility index (Phi) is 13.2. The van der Waals surface area contributed by atoms with E-state index in [1.165, 1.54) is 0 Å². The third-order valence-corrected chi connectivity index (χ3v) is 1.91. The highest BCUT2D eigenvalue weighted by Gasteiger charge is 2.06. The summed E-state index contributed by atoms with van der Waals surface area (Å²) >= 11 is 0. The molecule has 1 nitrogen and oxygen atoms in total. The standard InChI is InChI=1S/C9H20O.C2H6/c1-5-8(4)10-9(6-2)7-3;1-2/h8-9H,5-7H2,1-4H3;1-2H3. The second-order valence-corrected chi connectivity index (χ2v) is 2.79. The van der Waals surface area contributed by atoms with Gasteiger partial charge < -0.3 is 4.74 Å². The van der Waals surface area contributed by atoms with Crippen LogP contribution in [0.2, 0.25) is 0 Å². The predicted octanol–water partition coefficient (Wildman–Crippen LogP) is 4.02. The third kappa shape index (κ3) is 8.06. The molecule has 0 aromatic carbocycles. The molecule has 0 aromatic rings. The summed E-state index contributed by atoms with van der Waals surface area (Å²) in [5.41, 5.74) is 0. The predicted molar refractivity (Wildman–Crippen MR) is 56.6 cm³/mol. The Morgan fingerprint density at radius 3 is 1.58 bits per heavy atom. The molecule has 0 amide bonds. The van der Waals surface area contributed by atoms with Gasteiger partial charge in [-0.05, 0) is 26.2 Å². The van der Waals surface area contributed by atoms with Gasteiger partial charge in [0.25, 0.3) is 0 Å². The van der Waals surface area contributed by atoms with E-state index in [-0.39, 0.29) is 0 Å². The zero-order valence-corrected chi connectivity index (χ0v) is 9.68. The van der Waals surface area contributed by atoms with Gasteiger partial charge in [0, 0.05) is 0 Å². The van der Waals surface area contributed by atoms with E-state index in [9.17, 15) is 0 Å². The van der Waals surface area contributed by atoms with Crippen LogP contribution in [-0.4, -0.2) is 12.2 Å². The van der Waals surface area contributed by atoms with Crippen molar-refractivity contribution in [1.29, 1.82) is 0 Å². The molecule has 0 heterocycles. The molecule has 0 fully saturated rings. The van der Waals surface area contributed by atoms with Gasteiger partial charge in [-0.3, -0.25) is 0 Å². The molecule has 0 spiro atoms. The maximum Gasteiger partial charge on any atom is 0.0573 e. The highest BCUT2D eigenvalue weighted by Crippen LogP contribution is 2.07. The van der Waals surface area contributed by atoms with Crippen molar-refractivity contribution in [3.63, 3.8) is 0 Å². The van der Waals surface area contributed by atoms with Gasteiger partial charge in [-0.25, -0.2) is 0 Å². The smallest absolute Gasteiger partial charge is 0.0573 e.